The summed E-state index contributed by atoms with van der Waals surface area (Å²) in [5, 5.41) is 5.16. The molecule has 20 heavy (non-hydrogen) atoms. The van der Waals surface area contributed by atoms with E-state index in [2.05, 4.69) is 34.6 Å². The molecule has 0 radical (unpaired) electrons. The summed E-state index contributed by atoms with van der Waals surface area (Å²) >= 11 is 0. The lowest BCUT2D eigenvalue weighted by molar-refractivity contribution is 0.0663. The highest BCUT2D eigenvalue weighted by Crippen LogP contribution is 2.11. The molecule has 0 spiro atoms. The Morgan fingerprint density at radius 2 is 2.10 bits per heavy atom. The van der Waals surface area contributed by atoms with Gasteiger partial charge < -0.3 is 10.2 Å². The van der Waals surface area contributed by atoms with Crippen LogP contribution in [0.2, 0.25) is 0 Å². The molecule has 1 aliphatic rings. The molecule has 0 atom stereocenters. The normalized spacial score (nSPS) is 16.9. The number of nitrogens with one attached hydrogen (secondary N) is 2. The van der Waals surface area contributed by atoms with Gasteiger partial charge in [0, 0.05) is 38.9 Å². The second-order valence-electron chi connectivity index (χ2n) is 5.06. The molecule has 2 rings (SSSR count). The van der Waals surface area contributed by atoms with Gasteiger partial charge in [0.2, 0.25) is 0 Å². The van der Waals surface area contributed by atoms with Gasteiger partial charge in [0.05, 0.1) is 5.56 Å². The second kappa shape index (κ2) is 7.21. The van der Waals surface area contributed by atoms with Crippen molar-refractivity contribution in [2.45, 2.75) is 13.3 Å². The first-order valence-electron chi connectivity index (χ1n) is 7.14. The molecule has 0 aliphatic carbocycles. The van der Waals surface area contributed by atoms with Gasteiger partial charge in [-0.2, -0.15) is 0 Å². The third kappa shape index (κ3) is 3.91. The smallest absolute Gasteiger partial charge is 0.269 e. The van der Waals surface area contributed by atoms with E-state index in [1.807, 2.05) is 5.01 Å². The van der Waals surface area contributed by atoms with E-state index in [1.165, 1.54) is 0 Å². The number of hydrogen-bond donors (Lipinski definition) is 2. The number of aromatic nitrogens is 1. The maximum absolute atomic E-state index is 12.3. The van der Waals surface area contributed by atoms with Crippen LogP contribution in [0.5, 0.6) is 0 Å². The van der Waals surface area contributed by atoms with Crippen LogP contribution in [-0.2, 0) is 0 Å². The van der Waals surface area contributed by atoms with E-state index in [1.54, 1.807) is 18.3 Å². The van der Waals surface area contributed by atoms with Crippen molar-refractivity contribution in [2.75, 3.05) is 45.1 Å². The fourth-order valence-electron chi connectivity index (χ4n) is 2.09. The van der Waals surface area contributed by atoms with Gasteiger partial charge in [-0.3, -0.25) is 10.2 Å². The minimum Gasteiger partial charge on any atom is -0.369 e. The van der Waals surface area contributed by atoms with Crippen LogP contribution in [0.4, 0.5) is 5.82 Å². The molecule has 1 aliphatic heterocycles. The number of nitrogens with zero attached hydrogens (tertiary/aromatic N) is 3. The van der Waals surface area contributed by atoms with Crippen LogP contribution >= 0.6 is 0 Å². The predicted octanol–water partition coefficient (Wildman–Crippen LogP) is 0.796. The molecular formula is C14H23N5O. The summed E-state index contributed by atoms with van der Waals surface area (Å²) in [5.41, 5.74) is 3.56. The standard InChI is InChI=1S/C14H23N5O/c1-3-6-15-13-12(5-4-7-16-13)14(20)17-19-10-8-18(2)9-11-19/h4-5,7H,3,6,8-11H2,1-2H3,(H,15,16)(H,17,20). The number of carbonyl (C=O) groups excluding carboxylic acids is 1. The SMILES string of the molecule is CCCNc1ncccc1C(=O)NN1CCN(C)CC1. The quantitative estimate of drug-likeness (QED) is 0.833. The van der Waals surface area contributed by atoms with Crippen LogP contribution in [0.3, 0.4) is 0 Å². The summed E-state index contributed by atoms with van der Waals surface area (Å²) < 4.78 is 0. The van der Waals surface area contributed by atoms with E-state index in [-0.39, 0.29) is 5.91 Å². The van der Waals surface area contributed by atoms with Crippen molar-refractivity contribution in [1.29, 1.82) is 0 Å². The number of rotatable bonds is 5. The zero-order valence-corrected chi connectivity index (χ0v) is 12.2. The van der Waals surface area contributed by atoms with Crippen molar-refractivity contribution in [3.05, 3.63) is 23.9 Å². The van der Waals surface area contributed by atoms with Crippen LogP contribution in [0.15, 0.2) is 18.3 Å². The fourth-order valence-corrected chi connectivity index (χ4v) is 2.09. The van der Waals surface area contributed by atoms with Crippen LogP contribution in [0.1, 0.15) is 23.7 Å². The summed E-state index contributed by atoms with van der Waals surface area (Å²) in [4.78, 5) is 18.8. The van der Waals surface area contributed by atoms with Gasteiger partial charge in [-0.15, -0.1) is 0 Å². The number of hydrogen-bond acceptors (Lipinski definition) is 5. The molecular weight excluding hydrogens is 254 g/mol. The molecule has 1 aromatic rings. The Kier molecular flexibility index (Phi) is 5.31. The molecule has 1 amide bonds. The number of amides is 1. The van der Waals surface area contributed by atoms with Gasteiger partial charge in [0.15, 0.2) is 0 Å². The van der Waals surface area contributed by atoms with Crippen molar-refractivity contribution >= 4 is 11.7 Å². The Bertz CT molecular complexity index is 443. The lowest BCUT2D eigenvalue weighted by Gasteiger charge is -2.32. The van der Waals surface area contributed by atoms with Crippen LogP contribution in [0.25, 0.3) is 0 Å². The van der Waals surface area contributed by atoms with Crippen molar-refractivity contribution in [3.63, 3.8) is 0 Å². The van der Waals surface area contributed by atoms with E-state index >= 15 is 0 Å². The topological polar surface area (TPSA) is 60.5 Å². The molecule has 1 saturated heterocycles. The van der Waals surface area contributed by atoms with E-state index in [4.69, 9.17) is 0 Å². The molecule has 0 unspecified atom stereocenters. The maximum Gasteiger partial charge on any atom is 0.269 e. The molecule has 1 fully saturated rings. The van der Waals surface area contributed by atoms with Gasteiger partial charge in [0.1, 0.15) is 5.82 Å². The van der Waals surface area contributed by atoms with Crippen LogP contribution < -0.4 is 10.7 Å². The largest absolute Gasteiger partial charge is 0.369 e. The minimum atomic E-state index is -0.0961. The zero-order chi connectivity index (χ0) is 14.4. The van der Waals surface area contributed by atoms with Crippen molar-refractivity contribution in [3.8, 4) is 0 Å². The second-order valence-corrected chi connectivity index (χ2v) is 5.06. The van der Waals surface area contributed by atoms with Crippen LogP contribution in [0, 0.1) is 0 Å². The molecule has 0 bridgehead atoms. The summed E-state index contributed by atoms with van der Waals surface area (Å²) in [6.07, 6.45) is 2.70. The first-order chi connectivity index (χ1) is 9.70. The van der Waals surface area contributed by atoms with Gasteiger partial charge in [-0.1, -0.05) is 6.92 Å². The highest BCUT2D eigenvalue weighted by atomic mass is 16.2. The number of likely N-dealkylation sites (N-methyl/N-ethyl adjacent to an activating group) is 1. The van der Waals surface area contributed by atoms with E-state index in [9.17, 15) is 4.79 Å². The maximum atomic E-state index is 12.3. The summed E-state index contributed by atoms with van der Waals surface area (Å²) in [6, 6.07) is 3.59. The first kappa shape index (κ1) is 14.7. The van der Waals surface area contributed by atoms with Gasteiger partial charge in [0.25, 0.3) is 5.91 Å². The van der Waals surface area contributed by atoms with Crippen molar-refractivity contribution < 1.29 is 4.79 Å². The average molecular weight is 277 g/mol. The predicted molar refractivity (Wildman–Crippen MR) is 79.6 cm³/mol. The Morgan fingerprint density at radius 3 is 2.80 bits per heavy atom. The third-order valence-electron chi connectivity index (χ3n) is 3.36. The number of anilines is 1. The summed E-state index contributed by atoms with van der Waals surface area (Å²) in [5.74, 6) is 0.558. The van der Waals surface area contributed by atoms with Crippen LogP contribution in [-0.4, -0.2) is 60.6 Å². The Balaban J connectivity index is 1.98. The Hall–Kier alpha value is -1.66. The molecule has 0 saturated carbocycles. The van der Waals surface area contributed by atoms with E-state index < -0.39 is 0 Å². The monoisotopic (exact) mass is 277 g/mol. The van der Waals surface area contributed by atoms with E-state index in [0.717, 1.165) is 39.1 Å². The number of hydrazine groups is 1. The van der Waals surface area contributed by atoms with Crippen molar-refractivity contribution in [1.82, 2.24) is 20.3 Å². The van der Waals surface area contributed by atoms with Gasteiger partial charge >= 0.3 is 0 Å². The number of pyridine rings is 1. The van der Waals surface area contributed by atoms with Crippen molar-refractivity contribution in [2.24, 2.45) is 0 Å². The molecule has 6 heteroatoms. The minimum absolute atomic E-state index is 0.0961. The van der Waals surface area contributed by atoms with Gasteiger partial charge in [-0.25, -0.2) is 9.99 Å². The lowest BCUT2D eigenvalue weighted by atomic mass is 10.2. The number of piperazine rings is 1. The Labute approximate surface area is 120 Å². The fraction of sp³-hybridized carbons (Fsp3) is 0.571. The molecule has 1 aromatic heterocycles. The molecule has 110 valence electrons. The van der Waals surface area contributed by atoms with Gasteiger partial charge in [-0.05, 0) is 25.6 Å². The highest BCUT2D eigenvalue weighted by Gasteiger charge is 2.18. The summed E-state index contributed by atoms with van der Waals surface area (Å²) in [7, 11) is 2.09. The molecule has 0 aromatic carbocycles. The molecule has 2 N–H and O–H groups in total. The highest BCUT2D eigenvalue weighted by molar-refractivity contribution is 5.98. The first-order valence-corrected chi connectivity index (χ1v) is 7.14. The lowest BCUT2D eigenvalue weighted by Crippen LogP contribution is -2.52. The molecule has 2 heterocycles. The summed E-state index contributed by atoms with van der Waals surface area (Å²) in [6.45, 7) is 6.52. The average Bonchev–Trinajstić information content (AvgIpc) is 2.47. The Morgan fingerprint density at radius 1 is 1.35 bits per heavy atom. The number of carbonyl (C=O) groups is 1. The third-order valence-corrected chi connectivity index (χ3v) is 3.36. The van der Waals surface area contributed by atoms with E-state index in [0.29, 0.717) is 11.4 Å². The zero-order valence-electron chi connectivity index (χ0n) is 12.2. The molecule has 6 nitrogen and oxygen atoms in total.